The molecule has 0 aliphatic carbocycles. The van der Waals surface area contributed by atoms with Crippen molar-refractivity contribution in [2.24, 2.45) is 0 Å². The van der Waals surface area contributed by atoms with E-state index < -0.39 is 5.97 Å². The molecule has 98 valence electrons. The van der Waals surface area contributed by atoms with Crippen molar-refractivity contribution in [3.05, 3.63) is 58.9 Å². The minimum Gasteiger partial charge on any atom is -0.481 e. The zero-order chi connectivity index (χ0) is 13.8. The molecule has 0 bridgehead atoms. The maximum Gasteiger partial charge on any atom is 0.303 e. The van der Waals surface area contributed by atoms with E-state index in [4.69, 9.17) is 16.7 Å². The lowest BCUT2D eigenvalue weighted by molar-refractivity contribution is -0.136. The van der Waals surface area contributed by atoms with E-state index in [1.807, 2.05) is 0 Å². The Balaban J connectivity index is 2.31. The van der Waals surface area contributed by atoms with Crippen LogP contribution in [0.15, 0.2) is 42.5 Å². The minimum atomic E-state index is -0.864. The van der Waals surface area contributed by atoms with Gasteiger partial charge >= 0.3 is 5.97 Å². The van der Waals surface area contributed by atoms with E-state index in [0.29, 0.717) is 17.0 Å². The molecule has 2 aromatic carbocycles. The summed E-state index contributed by atoms with van der Waals surface area (Å²) in [5.74, 6) is -1.20. The molecular formula is C15H12ClFO2. The van der Waals surface area contributed by atoms with Crippen molar-refractivity contribution < 1.29 is 14.3 Å². The third-order valence-electron chi connectivity index (χ3n) is 2.81. The van der Waals surface area contributed by atoms with Gasteiger partial charge in [-0.05, 0) is 41.8 Å². The summed E-state index contributed by atoms with van der Waals surface area (Å²) < 4.78 is 13.8. The Morgan fingerprint density at radius 3 is 2.47 bits per heavy atom. The van der Waals surface area contributed by atoms with Crippen LogP contribution in [0, 0.1) is 5.82 Å². The number of aliphatic carboxylic acids is 1. The second-order valence-electron chi connectivity index (χ2n) is 4.21. The fourth-order valence-corrected chi connectivity index (χ4v) is 1.96. The number of carbonyl (C=O) groups is 1. The second kappa shape index (κ2) is 5.85. The van der Waals surface area contributed by atoms with Gasteiger partial charge in [0.2, 0.25) is 0 Å². The molecule has 0 fully saturated rings. The quantitative estimate of drug-likeness (QED) is 0.912. The van der Waals surface area contributed by atoms with Crippen molar-refractivity contribution in [1.29, 1.82) is 0 Å². The summed E-state index contributed by atoms with van der Waals surface area (Å²) in [5, 5.41) is 9.25. The topological polar surface area (TPSA) is 37.3 Å². The number of aryl methyl sites for hydroxylation is 1. The van der Waals surface area contributed by atoms with Crippen molar-refractivity contribution in [2.45, 2.75) is 12.8 Å². The summed E-state index contributed by atoms with van der Waals surface area (Å²) in [6.45, 7) is 0. The van der Waals surface area contributed by atoms with E-state index in [1.54, 1.807) is 36.4 Å². The largest absolute Gasteiger partial charge is 0.481 e. The number of benzene rings is 2. The highest BCUT2D eigenvalue weighted by molar-refractivity contribution is 6.30. The number of hydrogen-bond acceptors (Lipinski definition) is 1. The van der Waals surface area contributed by atoms with Gasteiger partial charge in [0.25, 0.3) is 0 Å². The summed E-state index contributed by atoms with van der Waals surface area (Å²) in [6.07, 6.45) is 0.419. The number of rotatable bonds is 4. The average molecular weight is 279 g/mol. The molecule has 0 aromatic heterocycles. The number of halogens is 2. The van der Waals surface area contributed by atoms with Gasteiger partial charge in [-0.15, -0.1) is 0 Å². The maximum atomic E-state index is 13.8. The third kappa shape index (κ3) is 3.55. The molecule has 2 rings (SSSR count). The first-order valence-corrected chi connectivity index (χ1v) is 6.20. The summed E-state index contributed by atoms with van der Waals surface area (Å²) in [7, 11) is 0. The molecule has 0 amide bonds. The normalized spacial score (nSPS) is 10.4. The van der Waals surface area contributed by atoms with Gasteiger partial charge in [-0.2, -0.15) is 0 Å². The molecule has 0 spiro atoms. The van der Waals surface area contributed by atoms with Crippen LogP contribution in [-0.2, 0) is 11.2 Å². The lowest BCUT2D eigenvalue weighted by Crippen LogP contribution is -1.98. The molecule has 2 nitrogen and oxygen atoms in total. The molecule has 0 aliphatic rings. The molecule has 0 unspecified atom stereocenters. The van der Waals surface area contributed by atoms with E-state index in [1.165, 1.54) is 6.07 Å². The molecule has 0 heterocycles. The molecule has 19 heavy (non-hydrogen) atoms. The van der Waals surface area contributed by atoms with Crippen molar-refractivity contribution >= 4 is 17.6 Å². The van der Waals surface area contributed by atoms with Gasteiger partial charge in [-0.3, -0.25) is 4.79 Å². The Bertz CT molecular complexity index is 594. The summed E-state index contributed by atoms with van der Waals surface area (Å²) in [4.78, 5) is 10.5. The first kappa shape index (κ1) is 13.6. The van der Waals surface area contributed by atoms with Crippen molar-refractivity contribution in [1.82, 2.24) is 0 Å². The van der Waals surface area contributed by atoms with Crippen LogP contribution < -0.4 is 0 Å². The first-order chi connectivity index (χ1) is 9.06. The number of carboxylic acid groups (broad SMARTS) is 1. The van der Waals surface area contributed by atoms with Crippen LogP contribution in [-0.4, -0.2) is 11.1 Å². The minimum absolute atomic E-state index is 0.0334. The highest BCUT2D eigenvalue weighted by Gasteiger charge is 2.07. The van der Waals surface area contributed by atoms with Crippen LogP contribution in [0.25, 0.3) is 11.1 Å². The Morgan fingerprint density at radius 2 is 1.84 bits per heavy atom. The van der Waals surface area contributed by atoms with Crippen LogP contribution in [0.3, 0.4) is 0 Å². The molecule has 0 saturated carbocycles. The van der Waals surface area contributed by atoms with Gasteiger partial charge in [0.15, 0.2) is 0 Å². The monoisotopic (exact) mass is 278 g/mol. The van der Waals surface area contributed by atoms with Crippen molar-refractivity contribution in [3.8, 4) is 11.1 Å². The lowest BCUT2D eigenvalue weighted by Gasteiger charge is -2.07. The van der Waals surface area contributed by atoms with E-state index in [0.717, 1.165) is 11.1 Å². The average Bonchev–Trinajstić information content (AvgIpc) is 2.39. The highest BCUT2D eigenvalue weighted by Crippen LogP contribution is 2.25. The van der Waals surface area contributed by atoms with Crippen LogP contribution in [0.4, 0.5) is 4.39 Å². The number of hydrogen-bond donors (Lipinski definition) is 1. The summed E-state index contributed by atoms with van der Waals surface area (Å²) in [6, 6.07) is 11.5. The predicted molar refractivity (Wildman–Crippen MR) is 72.8 cm³/mol. The van der Waals surface area contributed by atoms with Gasteiger partial charge in [-0.1, -0.05) is 29.8 Å². The zero-order valence-corrected chi connectivity index (χ0v) is 10.8. The predicted octanol–water partition coefficient (Wildman–Crippen LogP) is 4.16. The number of carboxylic acids is 1. The van der Waals surface area contributed by atoms with E-state index in [2.05, 4.69) is 0 Å². The molecule has 2 aromatic rings. The second-order valence-corrected chi connectivity index (χ2v) is 4.65. The van der Waals surface area contributed by atoms with Gasteiger partial charge in [-0.25, -0.2) is 4.39 Å². The van der Waals surface area contributed by atoms with E-state index >= 15 is 0 Å². The van der Waals surface area contributed by atoms with E-state index in [9.17, 15) is 9.18 Å². The smallest absolute Gasteiger partial charge is 0.303 e. The van der Waals surface area contributed by atoms with Crippen LogP contribution >= 0.6 is 11.6 Å². The zero-order valence-electron chi connectivity index (χ0n) is 10.1. The Kier molecular flexibility index (Phi) is 4.17. The summed E-state index contributed by atoms with van der Waals surface area (Å²) in [5.41, 5.74) is 1.98. The highest BCUT2D eigenvalue weighted by atomic mass is 35.5. The molecule has 0 saturated heterocycles. The fourth-order valence-electron chi connectivity index (χ4n) is 1.83. The van der Waals surface area contributed by atoms with Crippen LogP contribution in [0.5, 0.6) is 0 Å². The standard InChI is InChI=1S/C15H12ClFO2/c16-12-5-3-11(4-6-12)13-9-10(1-7-14(13)17)2-8-15(18)19/h1,3-7,9H,2,8H2,(H,18,19). The van der Waals surface area contributed by atoms with Crippen LogP contribution in [0.2, 0.25) is 5.02 Å². The van der Waals surface area contributed by atoms with Gasteiger partial charge in [0, 0.05) is 17.0 Å². The van der Waals surface area contributed by atoms with Gasteiger partial charge < -0.3 is 5.11 Å². The molecule has 0 aliphatic heterocycles. The first-order valence-electron chi connectivity index (χ1n) is 5.82. The lowest BCUT2D eigenvalue weighted by atomic mass is 10.0. The van der Waals surface area contributed by atoms with E-state index in [-0.39, 0.29) is 12.2 Å². The van der Waals surface area contributed by atoms with Crippen molar-refractivity contribution in [2.75, 3.05) is 0 Å². The van der Waals surface area contributed by atoms with Gasteiger partial charge in [0.05, 0.1) is 0 Å². The Hall–Kier alpha value is -1.87. The third-order valence-corrected chi connectivity index (χ3v) is 3.07. The SMILES string of the molecule is O=C(O)CCc1ccc(F)c(-c2ccc(Cl)cc2)c1. The summed E-state index contributed by atoms with van der Waals surface area (Å²) >= 11 is 5.80. The Morgan fingerprint density at radius 1 is 1.16 bits per heavy atom. The maximum absolute atomic E-state index is 13.8. The fraction of sp³-hybridized carbons (Fsp3) is 0.133. The van der Waals surface area contributed by atoms with Crippen molar-refractivity contribution in [3.63, 3.8) is 0 Å². The van der Waals surface area contributed by atoms with Gasteiger partial charge in [0.1, 0.15) is 5.82 Å². The molecular weight excluding hydrogens is 267 g/mol. The molecule has 4 heteroatoms. The Labute approximate surface area is 115 Å². The van der Waals surface area contributed by atoms with Crippen LogP contribution in [0.1, 0.15) is 12.0 Å². The molecule has 0 atom stereocenters. The molecule has 0 radical (unpaired) electrons. The molecule has 1 N–H and O–H groups in total.